The van der Waals surface area contributed by atoms with Crippen LogP contribution in [0.3, 0.4) is 0 Å². The van der Waals surface area contributed by atoms with E-state index in [0.29, 0.717) is 17.4 Å². The highest BCUT2D eigenvalue weighted by Gasteiger charge is 2.23. The van der Waals surface area contributed by atoms with Gasteiger partial charge in [0.15, 0.2) is 0 Å². The number of allylic oxidation sites excluding steroid dienone is 2. The summed E-state index contributed by atoms with van der Waals surface area (Å²) in [6, 6.07) is 9.48. The molecule has 0 aliphatic heterocycles. The van der Waals surface area contributed by atoms with E-state index in [9.17, 15) is 18.4 Å². The molecule has 2 rings (SSSR count). The quantitative estimate of drug-likeness (QED) is 0.272. The maximum Gasteiger partial charge on any atom is 0.412 e. The number of rotatable bonds is 11. The Kier molecular flexibility index (Phi) is 10.7. The topological polar surface area (TPSA) is 94.1 Å². The number of hydrogen-bond acceptors (Lipinski definition) is 6. The van der Waals surface area contributed by atoms with E-state index >= 15 is 0 Å². The fraction of sp³-hybridized carbons (Fsp3) is 0.280. The number of anilines is 1. The molecule has 0 bridgehead atoms. The molecule has 2 aromatic rings. The van der Waals surface area contributed by atoms with Gasteiger partial charge in [-0.15, -0.1) is 0 Å². The maximum absolute atomic E-state index is 13.9. The number of hydrogen-bond donors (Lipinski definition) is 2. The van der Waals surface area contributed by atoms with Crippen LogP contribution in [0.1, 0.15) is 25.5 Å². The second-order valence-electron chi connectivity index (χ2n) is 7.07. The van der Waals surface area contributed by atoms with Gasteiger partial charge < -0.3 is 19.3 Å². The number of esters is 1. The van der Waals surface area contributed by atoms with Crippen molar-refractivity contribution in [3.8, 4) is 5.75 Å². The number of carbonyl (C=O) groups excluding carboxylic acids is 2. The molecule has 7 nitrogen and oxygen atoms in total. The summed E-state index contributed by atoms with van der Waals surface area (Å²) in [6.07, 6.45) is 4.39. The number of ether oxygens (including phenoxy) is 3. The number of halogens is 2. The van der Waals surface area contributed by atoms with E-state index in [0.717, 1.165) is 12.1 Å². The first kappa shape index (κ1) is 26.5. The minimum Gasteiger partial charge on any atom is -0.491 e. The lowest BCUT2D eigenvalue weighted by atomic mass is 9.96. The van der Waals surface area contributed by atoms with Crippen molar-refractivity contribution in [1.29, 1.82) is 0 Å². The van der Waals surface area contributed by atoms with E-state index < -0.39 is 29.8 Å². The molecule has 0 aliphatic carbocycles. The lowest BCUT2D eigenvalue weighted by molar-refractivity contribution is -0.137. The Balaban J connectivity index is 2.18. The zero-order valence-electron chi connectivity index (χ0n) is 18.9. The van der Waals surface area contributed by atoms with Gasteiger partial charge in [0.25, 0.3) is 0 Å². The molecule has 34 heavy (non-hydrogen) atoms. The maximum atomic E-state index is 13.9. The first-order valence-electron chi connectivity index (χ1n) is 10.6. The number of amides is 1. The van der Waals surface area contributed by atoms with Crippen LogP contribution in [0.4, 0.5) is 19.3 Å². The number of aliphatic hydroxyl groups is 1. The summed E-state index contributed by atoms with van der Waals surface area (Å²) in [6.45, 7) is 3.77. The number of aliphatic hydroxyl groups excluding tert-OH is 1. The van der Waals surface area contributed by atoms with E-state index in [1.165, 1.54) is 12.2 Å². The van der Waals surface area contributed by atoms with Crippen LogP contribution in [-0.4, -0.2) is 37.0 Å². The summed E-state index contributed by atoms with van der Waals surface area (Å²) in [5.41, 5.74) is 0.399. The van der Waals surface area contributed by atoms with Gasteiger partial charge in [-0.3, -0.25) is 5.32 Å². The monoisotopic (exact) mass is 475 g/mol. The second-order valence-corrected chi connectivity index (χ2v) is 7.07. The van der Waals surface area contributed by atoms with Gasteiger partial charge in [-0.1, -0.05) is 37.3 Å². The Hall–Kier alpha value is -3.72. The summed E-state index contributed by atoms with van der Waals surface area (Å²) in [7, 11) is 0. The molecular formula is C25H27F2NO6. The highest BCUT2D eigenvalue weighted by atomic mass is 19.1. The summed E-state index contributed by atoms with van der Waals surface area (Å²) < 4.78 is 42.8. The summed E-state index contributed by atoms with van der Waals surface area (Å²) >= 11 is 0. The molecular weight excluding hydrogens is 448 g/mol. The van der Waals surface area contributed by atoms with Gasteiger partial charge in [-0.2, -0.15) is 0 Å². The average molecular weight is 475 g/mol. The van der Waals surface area contributed by atoms with Gasteiger partial charge in [-0.05, 0) is 36.8 Å². The molecule has 2 N–H and O–H groups in total. The molecule has 1 amide bonds. The molecule has 0 spiro atoms. The average Bonchev–Trinajstić information content (AvgIpc) is 2.81. The molecule has 0 fully saturated rings. The fourth-order valence-electron chi connectivity index (χ4n) is 2.91. The zero-order chi connectivity index (χ0) is 24.9. The molecule has 0 radical (unpaired) electrons. The van der Waals surface area contributed by atoms with Gasteiger partial charge in [0.05, 0.1) is 18.9 Å². The highest BCUT2D eigenvalue weighted by Crippen LogP contribution is 2.29. The summed E-state index contributed by atoms with van der Waals surface area (Å²) in [5.74, 6) is -2.02. The lowest BCUT2D eigenvalue weighted by Gasteiger charge is -2.23. The first-order valence-corrected chi connectivity index (χ1v) is 10.6. The van der Waals surface area contributed by atoms with E-state index in [-0.39, 0.29) is 31.4 Å². The number of nitrogens with one attached hydrogen (secondary N) is 1. The molecule has 2 aromatic carbocycles. The van der Waals surface area contributed by atoms with Crippen LogP contribution in [0.25, 0.3) is 0 Å². The van der Waals surface area contributed by atoms with Gasteiger partial charge in [0.2, 0.25) is 0 Å². The molecule has 0 aliphatic rings. The minimum absolute atomic E-state index is 0.130. The van der Waals surface area contributed by atoms with E-state index in [2.05, 4.69) is 5.32 Å². The van der Waals surface area contributed by atoms with Gasteiger partial charge >= 0.3 is 12.1 Å². The third-order valence-corrected chi connectivity index (χ3v) is 4.49. The van der Waals surface area contributed by atoms with Crippen molar-refractivity contribution in [3.63, 3.8) is 0 Å². The molecule has 2 atom stereocenters. The smallest absolute Gasteiger partial charge is 0.412 e. The number of carbonyl (C=O) groups is 2. The molecule has 182 valence electrons. The van der Waals surface area contributed by atoms with Crippen molar-refractivity contribution in [2.24, 2.45) is 5.92 Å². The van der Waals surface area contributed by atoms with Crippen LogP contribution in [0, 0.1) is 17.6 Å². The van der Waals surface area contributed by atoms with Crippen LogP contribution in [-0.2, 0) is 14.3 Å². The van der Waals surface area contributed by atoms with E-state index in [1.54, 1.807) is 50.3 Å². The second kappa shape index (κ2) is 13.7. The van der Waals surface area contributed by atoms with Crippen LogP contribution in [0.5, 0.6) is 5.75 Å². The molecule has 9 heteroatoms. The third kappa shape index (κ3) is 8.67. The Bertz CT molecular complexity index is 1010. The van der Waals surface area contributed by atoms with E-state index in [4.69, 9.17) is 19.3 Å². The molecule has 0 unspecified atom stereocenters. The van der Waals surface area contributed by atoms with Crippen molar-refractivity contribution in [1.82, 2.24) is 0 Å². The van der Waals surface area contributed by atoms with E-state index in [1.807, 2.05) is 0 Å². The largest absolute Gasteiger partial charge is 0.491 e. The standard InChI is InChI=1S/C25H27F2NO6/c1-3-32-23(30)7-5-4-6-17(2)24(18-8-11-20(12-9-18)33-15-14-29)34-25(31)28-22-13-10-19(26)16-21(22)27/h4-13,16-17,24,29H,3,14-15H2,1-2H3,(H,28,31)/b6-4+,7-5+/t17-,24+/m0/s1. The Morgan fingerprint density at radius 2 is 1.85 bits per heavy atom. The lowest BCUT2D eigenvalue weighted by Crippen LogP contribution is -2.21. The SMILES string of the molecule is CCOC(=O)/C=C/C=C/[C@H](C)[C@@H](OC(=O)Nc1ccc(F)cc1F)c1ccc(OCCO)cc1. The Morgan fingerprint density at radius 1 is 1.12 bits per heavy atom. The Labute approximate surface area is 196 Å². The van der Waals surface area contributed by atoms with Crippen molar-refractivity contribution in [2.75, 3.05) is 25.1 Å². The van der Waals surface area contributed by atoms with Crippen LogP contribution in [0.2, 0.25) is 0 Å². The van der Waals surface area contributed by atoms with Crippen LogP contribution < -0.4 is 10.1 Å². The number of benzene rings is 2. The first-order chi connectivity index (χ1) is 16.3. The Morgan fingerprint density at radius 3 is 2.50 bits per heavy atom. The van der Waals surface area contributed by atoms with Crippen LogP contribution in [0.15, 0.2) is 66.8 Å². The van der Waals surface area contributed by atoms with Crippen molar-refractivity contribution in [3.05, 3.63) is 84.0 Å². The third-order valence-electron chi connectivity index (χ3n) is 4.49. The predicted octanol–water partition coefficient (Wildman–Crippen LogP) is 4.94. The molecule has 0 aromatic heterocycles. The van der Waals surface area contributed by atoms with Crippen molar-refractivity contribution < 1.29 is 37.7 Å². The normalized spacial score (nSPS) is 13.0. The molecule has 0 saturated carbocycles. The van der Waals surface area contributed by atoms with Crippen LogP contribution >= 0.6 is 0 Å². The van der Waals surface area contributed by atoms with Gasteiger partial charge in [0, 0.05) is 18.1 Å². The highest BCUT2D eigenvalue weighted by molar-refractivity contribution is 5.85. The molecule has 0 saturated heterocycles. The minimum atomic E-state index is -0.934. The van der Waals surface area contributed by atoms with Crippen molar-refractivity contribution >= 4 is 17.7 Å². The summed E-state index contributed by atoms with van der Waals surface area (Å²) in [4.78, 5) is 23.9. The van der Waals surface area contributed by atoms with Gasteiger partial charge in [-0.25, -0.2) is 18.4 Å². The predicted molar refractivity (Wildman–Crippen MR) is 122 cm³/mol. The molecule has 0 heterocycles. The van der Waals surface area contributed by atoms with Gasteiger partial charge in [0.1, 0.15) is 30.1 Å². The van der Waals surface area contributed by atoms with Crippen molar-refractivity contribution in [2.45, 2.75) is 20.0 Å². The fourth-order valence-corrected chi connectivity index (χ4v) is 2.91. The summed E-state index contributed by atoms with van der Waals surface area (Å²) in [5, 5.41) is 11.2. The zero-order valence-corrected chi connectivity index (χ0v) is 18.9.